The molecule has 0 aromatic carbocycles. The number of amides is 1. The molecule has 2 aromatic heterocycles. The van der Waals surface area contributed by atoms with Crippen LogP contribution in [0.2, 0.25) is 0 Å². The third kappa shape index (κ3) is 3.42. The fourth-order valence-corrected chi connectivity index (χ4v) is 5.50. The maximum Gasteiger partial charge on any atom is 0.223 e. The van der Waals surface area contributed by atoms with E-state index >= 15 is 0 Å². The van der Waals surface area contributed by atoms with E-state index in [1.807, 2.05) is 42.7 Å². The summed E-state index contributed by atoms with van der Waals surface area (Å²) in [5.74, 6) is 1.26. The van der Waals surface area contributed by atoms with Crippen LogP contribution in [-0.2, 0) is 31.2 Å². The van der Waals surface area contributed by atoms with Gasteiger partial charge in [0, 0.05) is 56.2 Å². The van der Waals surface area contributed by atoms with E-state index in [1.54, 1.807) is 4.68 Å². The first-order valence-corrected chi connectivity index (χ1v) is 10.2. The molecule has 1 N–H and O–H groups in total. The summed E-state index contributed by atoms with van der Waals surface area (Å²) in [4.78, 5) is 20.4. The molecule has 2 aliphatic rings. The fraction of sp³-hybridized carbons (Fsp3) is 0.632. The van der Waals surface area contributed by atoms with E-state index in [0.29, 0.717) is 6.42 Å². The highest BCUT2D eigenvalue weighted by atomic mass is 32.1. The Bertz CT molecular complexity index is 798. The van der Waals surface area contributed by atoms with Gasteiger partial charge < -0.3 is 10.2 Å². The number of aryl methyl sites for hydroxylation is 2. The number of nitrogens with one attached hydrogen (secondary N) is 1. The van der Waals surface area contributed by atoms with Crippen molar-refractivity contribution in [2.45, 2.75) is 45.2 Å². The molecule has 0 saturated carbocycles. The lowest BCUT2D eigenvalue weighted by Crippen LogP contribution is -2.28. The fourth-order valence-electron chi connectivity index (χ4n) is 4.26. The summed E-state index contributed by atoms with van der Waals surface area (Å²) in [5, 5.41) is 9.01. The Morgan fingerprint density at radius 1 is 1.35 bits per heavy atom. The van der Waals surface area contributed by atoms with Gasteiger partial charge in [-0.15, -0.1) is 11.3 Å². The van der Waals surface area contributed by atoms with Gasteiger partial charge in [0.2, 0.25) is 5.91 Å². The van der Waals surface area contributed by atoms with Crippen LogP contribution in [0.15, 0.2) is 12.4 Å². The molecule has 1 aliphatic heterocycles. The summed E-state index contributed by atoms with van der Waals surface area (Å²) in [6.07, 6.45) is 8.05. The zero-order valence-electron chi connectivity index (χ0n) is 15.7. The van der Waals surface area contributed by atoms with Gasteiger partial charge in [0.15, 0.2) is 0 Å². The van der Waals surface area contributed by atoms with Crippen molar-refractivity contribution in [3.8, 4) is 0 Å². The zero-order chi connectivity index (χ0) is 18.3. The molecule has 3 atom stereocenters. The van der Waals surface area contributed by atoms with Crippen LogP contribution in [0.4, 0.5) is 0 Å². The molecule has 2 aromatic rings. The first kappa shape index (κ1) is 17.7. The van der Waals surface area contributed by atoms with Crippen molar-refractivity contribution < 1.29 is 4.79 Å². The summed E-state index contributed by atoms with van der Waals surface area (Å²) < 4.78 is 1.80. The van der Waals surface area contributed by atoms with Crippen molar-refractivity contribution in [3.05, 3.63) is 33.5 Å². The number of likely N-dealkylation sites (tertiary alicyclic amines) is 1. The summed E-state index contributed by atoms with van der Waals surface area (Å²) in [5.41, 5.74) is 2.43. The van der Waals surface area contributed by atoms with Crippen LogP contribution in [0.1, 0.15) is 46.9 Å². The molecule has 0 bridgehead atoms. The highest BCUT2D eigenvalue weighted by Gasteiger charge is 2.38. The SMILES string of the molecule is C[C@@H]1CCc2nc(CNC[C@@H]3CC(=O)N(C)[C@H]3c3cnn(C)c3)sc2C1. The van der Waals surface area contributed by atoms with Crippen LogP contribution in [0, 0.1) is 11.8 Å². The Morgan fingerprint density at radius 2 is 2.19 bits per heavy atom. The second-order valence-electron chi connectivity index (χ2n) is 7.82. The molecule has 1 amide bonds. The Hall–Kier alpha value is -1.73. The molecule has 0 unspecified atom stereocenters. The van der Waals surface area contributed by atoms with Gasteiger partial charge in [-0.3, -0.25) is 9.48 Å². The van der Waals surface area contributed by atoms with E-state index in [0.717, 1.165) is 31.0 Å². The predicted octanol–water partition coefficient (Wildman–Crippen LogP) is 2.31. The topological polar surface area (TPSA) is 63.1 Å². The third-order valence-electron chi connectivity index (χ3n) is 5.67. The van der Waals surface area contributed by atoms with Crippen molar-refractivity contribution in [3.63, 3.8) is 0 Å². The molecule has 6 nitrogen and oxygen atoms in total. The van der Waals surface area contributed by atoms with Crippen LogP contribution < -0.4 is 5.32 Å². The number of hydrogen-bond acceptors (Lipinski definition) is 5. The zero-order valence-corrected chi connectivity index (χ0v) is 16.6. The van der Waals surface area contributed by atoms with Gasteiger partial charge in [-0.05, 0) is 25.2 Å². The highest BCUT2D eigenvalue weighted by Crippen LogP contribution is 2.36. The number of aromatic nitrogens is 3. The average Bonchev–Trinajstić information content (AvgIpc) is 3.26. The molecule has 140 valence electrons. The molecule has 7 heteroatoms. The standard InChI is InChI=1S/C19H27N5OS/c1-12-4-5-15-16(6-12)26-17(22-15)10-20-8-13-7-18(25)24(3)19(13)14-9-21-23(2)11-14/h9,11-13,19-20H,4-8,10H2,1-3H3/t12-,13+,19-/m1/s1. The van der Waals surface area contributed by atoms with E-state index in [1.165, 1.54) is 28.4 Å². The van der Waals surface area contributed by atoms with Gasteiger partial charge in [-0.2, -0.15) is 5.10 Å². The number of rotatable bonds is 5. The van der Waals surface area contributed by atoms with Crippen molar-refractivity contribution in [1.82, 2.24) is 25.0 Å². The molecular formula is C19H27N5OS. The minimum atomic E-state index is 0.106. The molecule has 0 radical (unpaired) electrons. The summed E-state index contributed by atoms with van der Waals surface area (Å²) >= 11 is 1.86. The molecule has 1 aliphatic carbocycles. The Labute approximate surface area is 158 Å². The predicted molar refractivity (Wildman–Crippen MR) is 102 cm³/mol. The smallest absolute Gasteiger partial charge is 0.223 e. The van der Waals surface area contributed by atoms with Crippen LogP contribution >= 0.6 is 11.3 Å². The van der Waals surface area contributed by atoms with E-state index in [2.05, 4.69) is 17.3 Å². The normalized spacial score (nSPS) is 25.7. The molecular weight excluding hydrogens is 346 g/mol. The minimum absolute atomic E-state index is 0.106. The first-order valence-electron chi connectivity index (χ1n) is 9.43. The summed E-state index contributed by atoms with van der Waals surface area (Å²) in [7, 11) is 3.81. The van der Waals surface area contributed by atoms with Gasteiger partial charge in [-0.1, -0.05) is 6.92 Å². The van der Waals surface area contributed by atoms with Crippen LogP contribution in [-0.4, -0.2) is 39.2 Å². The van der Waals surface area contributed by atoms with Gasteiger partial charge in [0.25, 0.3) is 0 Å². The van der Waals surface area contributed by atoms with Gasteiger partial charge in [0.1, 0.15) is 5.01 Å². The molecule has 3 heterocycles. The van der Waals surface area contributed by atoms with Crippen molar-refractivity contribution in [2.24, 2.45) is 18.9 Å². The molecule has 1 saturated heterocycles. The Morgan fingerprint density at radius 3 is 2.96 bits per heavy atom. The lowest BCUT2D eigenvalue weighted by molar-refractivity contribution is -0.127. The molecule has 0 spiro atoms. The number of carbonyl (C=O) groups is 1. The number of hydrogen-bond donors (Lipinski definition) is 1. The Balaban J connectivity index is 1.38. The maximum atomic E-state index is 12.2. The largest absolute Gasteiger partial charge is 0.338 e. The molecule has 26 heavy (non-hydrogen) atoms. The number of carbonyl (C=O) groups excluding carboxylic acids is 1. The third-order valence-corrected chi connectivity index (χ3v) is 6.79. The van der Waals surface area contributed by atoms with Crippen molar-refractivity contribution in [2.75, 3.05) is 13.6 Å². The number of fused-ring (bicyclic) bond motifs is 1. The lowest BCUT2D eigenvalue weighted by Gasteiger charge is -2.24. The van der Waals surface area contributed by atoms with Gasteiger partial charge in [-0.25, -0.2) is 4.98 Å². The van der Waals surface area contributed by atoms with Crippen LogP contribution in [0.5, 0.6) is 0 Å². The van der Waals surface area contributed by atoms with Crippen LogP contribution in [0.25, 0.3) is 0 Å². The average molecular weight is 374 g/mol. The summed E-state index contributed by atoms with van der Waals surface area (Å²) in [6.45, 7) is 3.93. The maximum absolute atomic E-state index is 12.2. The highest BCUT2D eigenvalue weighted by molar-refractivity contribution is 7.11. The first-order chi connectivity index (χ1) is 12.5. The monoisotopic (exact) mass is 373 g/mol. The number of nitrogens with zero attached hydrogens (tertiary/aromatic N) is 4. The quantitative estimate of drug-likeness (QED) is 0.874. The van der Waals surface area contributed by atoms with E-state index in [-0.39, 0.29) is 17.9 Å². The van der Waals surface area contributed by atoms with Gasteiger partial charge >= 0.3 is 0 Å². The lowest BCUT2D eigenvalue weighted by atomic mass is 9.93. The molecule has 4 rings (SSSR count). The summed E-state index contributed by atoms with van der Waals surface area (Å²) in [6, 6.07) is 0.106. The van der Waals surface area contributed by atoms with E-state index in [9.17, 15) is 4.79 Å². The van der Waals surface area contributed by atoms with E-state index < -0.39 is 0 Å². The van der Waals surface area contributed by atoms with Crippen molar-refractivity contribution in [1.29, 1.82) is 0 Å². The minimum Gasteiger partial charge on any atom is -0.338 e. The number of thiazole rings is 1. The second-order valence-corrected chi connectivity index (χ2v) is 8.99. The van der Waals surface area contributed by atoms with Gasteiger partial charge in [0.05, 0.1) is 17.9 Å². The van der Waals surface area contributed by atoms with E-state index in [4.69, 9.17) is 4.98 Å². The molecule has 1 fully saturated rings. The Kier molecular flexibility index (Phi) is 4.84. The van der Waals surface area contributed by atoms with Crippen LogP contribution in [0.3, 0.4) is 0 Å². The van der Waals surface area contributed by atoms with Crippen molar-refractivity contribution >= 4 is 17.2 Å². The second kappa shape index (κ2) is 7.12.